The summed E-state index contributed by atoms with van der Waals surface area (Å²) in [4.78, 5) is 4.56. The van der Waals surface area contributed by atoms with Crippen LogP contribution in [0.3, 0.4) is 0 Å². The Morgan fingerprint density at radius 3 is 2.85 bits per heavy atom. The number of benzene rings is 1. The summed E-state index contributed by atoms with van der Waals surface area (Å²) in [7, 11) is 1.67. The van der Waals surface area contributed by atoms with E-state index in [4.69, 9.17) is 16.3 Å². The fourth-order valence-electron chi connectivity index (χ4n) is 2.54. The van der Waals surface area contributed by atoms with Crippen molar-refractivity contribution in [2.75, 3.05) is 26.8 Å². The number of nitrogens with zero attached hydrogens (tertiary/aromatic N) is 4. The third kappa shape index (κ3) is 7.63. The number of hydrogen-bond acceptors (Lipinski definition) is 4. The molecule has 2 aromatic rings. The maximum atomic E-state index is 6.30. The maximum absolute atomic E-state index is 6.30. The van der Waals surface area contributed by atoms with E-state index in [1.807, 2.05) is 28.8 Å². The average Bonchev–Trinajstić information content (AvgIpc) is 3.09. The highest BCUT2D eigenvalue weighted by molar-refractivity contribution is 14.0. The first-order valence-corrected chi connectivity index (χ1v) is 9.18. The van der Waals surface area contributed by atoms with Gasteiger partial charge in [-0.3, -0.25) is 4.99 Å². The smallest absolute Gasteiger partial charge is 0.191 e. The third-order valence-corrected chi connectivity index (χ3v) is 4.29. The summed E-state index contributed by atoms with van der Waals surface area (Å²) in [5, 5.41) is 15.5. The molecule has 1 atom stereocenters. The van der Waals surface area contributed by atoms with Crippen LogP contribution in [0.1, 0.15) is 31.3 Å². The monoisotopic (exact) mass is 506 g/mol. The summed E-state index contributed by atoms with van der Waals surface area (Å²) >= 11 is 6.30. The van der Waals surface area contributed by atoms with E-state index in [9.17, 15) is 0 Å². The van der Waals surface area contributed by atoms with E-state index in [1.165, 1.54) is 0 Å². The fraction of sp³-hybridized carbons (Fsp3) is 0.500. The molecule has 1 aromatic carbocycles. The van der Waals surface area contributed by atoms with Crippen molar-refractivity contribution in [1.82, 2.24) is 25.4 Å². The molecule has 1 unspecified atom stereocenters. The van der Waals surface area contributed by atoms with Crippen molar-refractivity contribution in [3.63, 3.8) is 0 Å². The molecule has 1 heterocycles. The van der Waals surface area contributed by atoms with E-state index in [-0.39, 0.29) is 30.0 Å². The van der Waals surface area contributed by atoms with Crippen LogP contribution in [0.5, 0.6) is 0 Å². The Hall–Kier alpha value is -1.39. The van der Waals surface area contributed by atoms with E-state index >= 15 is 0 Å². The van der Waals surface area contributed by atoms with Crippen molar-refractivity contribution in [2.24, 2.45) is 4.99 Å². The lowest BCUT2D eigenvalue weighted by Crippen LogP contribution is -2.40. The van der Waals surface area contributed by atoms with Crippen LogP contribution in [-0.2, 0) is 17.7 Å². The SMILES string of the molecule is CCc1nncn1CCNC(=NCCOC)NC(C)c1ccccc1Cl.I. The van der Waals surface area contributed by atoms with Crippen LogP contribution in [-0.4, -0.2) is 47.5 Å². The Morgan fingerprint density at radius 2 is 2.15 bits per heavy atom. The second-order valence-corrected chi connectivity index (χ2v) is 6.24. The summed E-state index contributed by atoms with van der Waals surface area (Å²) in [5.41, 5.74) is 1.03. The number of aryl methyl sites for hydroxylation is 1. The Morgan fingerprint density at radius 1 is 1.37 bits per heavy atom. The first-order valence-electron chi connectivity index (χ1n) is 8.80. The summed E-state index contributed by atoms with van der Waals surface area (Å²) < 4.78 is 7.13. The second kappa shape index (κ2) is 12.9. The lowest BCUT2D eigenvalue weighted by Gasteiger charge is -2.20. The fourth-order valence-corrected chi connectivity index (χ4v) is 2.84. The third-order valence-electron chi connectivity index (χ3n) is 3.95. The minimum atomic E-state index is 0. The van der Waals surface area contributed by atoms with Gasteiger partial charge in [-0.25, -0.2) is 0 Å². The lowest BCUT2D eigenvalue weighted by atomic mass is 10.1. The van der Waals surface area contributed by atoms with Crippen LogP contribution < -0.4 is 10.6 Å². The molecule has 0 radical (unpaired) electrons. The normalized spacial score (nSPS) is 12.4. The number of aromatic nitrogens is 3. The van der Waals surface area contributed by atoms with Crippen molar-refractivity contribution in [3.8, 4) is 0 Å². The van der Waals surface area contributed by atoms with Crippen LogP contribution in [0.4, 0.5) is 0 Å². The van der Waals surface area contributed by atoms with Crippen molar-refractivity contribution in [3.05, 3.63) is 47.0 Å². The second-order valence-electron chi connectivity index (χ2n) is 5.83. The Bertz CT molecular complexity index is 709. The van der Waals surface area contributed by atoms with Gasteiger partial charge >= 0.3 is 0 Å². The zero-order chi connectivity index (χ0) is 18.8. The predicted molar refractivity (Wildman–Crippen MR) is 120 cm³/mol. The topological polar surface area (TPSA) is 76.4 Å². The Balaban J connectivity index is 0.00000364. The molecule has 9 heteroatoms. The highest BCUT2D eigenvalue weighted by Crippen LogP contribution is 2.21. The molecule has 2 N–H and O–H groups in total. The molecule has 0 aliphatic carbocycles. The minimum Gasteiger partial charge on any atom is -0.383 e. The molecule has 27 heavy (non-hydrogen) atoms. The molecule has 0 saturated carbocycles. The van der Waals surface area contributed by atoms with Crippen LogP contribution in [0.25, 0.3) is 0 Å². The number of hydrogen-bond donors (Lipinski definition) is 2. The number of halogens is 2. The molecule has 0 bridgehead atoms. The van der Waals surface area contributed by atoms with Gasteiger partial charge in [0.05, 0.1) is 19.2 Å². The minimum absolute atomic E-state index is 0. The lowest BCUT2D eigenvalue weighted by molar-refractivity contribution is 0.208. The molecule has 7 nitrogen and oxygen atoms in total. The summed E-state index contributed by atoms with van der Waals surface area (Å²) in [6.07, 6.45) is 2.61. The zero-order valence-electron chi connectivity index (χ0n) is 16.0. The molecule has 0 aliphatic heterocycles. The van der Waals surface area contributed by atoms with Gasteiger partial charge in [-0.1, -0.05) is 36.7 Å². The molecular formula is C18H28ClIN6O. The van der Waals surface area contributed by atoms with E-state index in [2.05, 4.69) is 39.7 Å². The molecule has 0 amide bonds. The quantitative estimate of drug-likeness (QED) is 0.237. The number of methoxy groups -OCH3 is 1. The molecule has 0 fully saturated rings. The highest BCUT2D eigenvalue weighted by Gasteiger charge is 2.11. The van der Waals surface area contributed by atoms with Gasteiger partial charge in [0.1, 0.15) is 12.2 Å². The molecule has 0 spiro atoms. The number of rotatable bonds is 9. The van der Waals surface area contributed by atoms with Gasteiger partial charge in [0.2, 0.25) is 0 Å². The Kier molecular flexibility index (Phi) is 11.3. The number of nitrogens with one attached hydrogen (secondary N) is 2. The summed E-state index contributed by atoms with van der Waals surface area (Å²) in [6.45, 7) is 6.75. The van der Waals surface area contributed by atoms with Gasteiger partial charge in [-0.15, -0.1) is 34.2 Å². The standard InChI is InChI=1S/C18H27ClN6O.HI/c1-4-17-24-22-13-25(17)11-9-20-18(21-10-12-26-3)23-14(2)15-7-5-6-8-16(15)19;/h5-8,13-14H,4,9-12H2,1-3H3,(H2,20,21,23);1H. The highest BCUT2D eigenvalue weighted by atomic mass is 127. The average molecular weight is 507 g/mol. The molecule has 2 rings (SSSR count). The molecular weight excluding hydrogens is 479 g/mol. The van der Waals surface area contributed by atoms with E-state index in [0.717, 1.165) is 35.3 Å². The largest absolute Gasteiger partial charge is 0.383 e. The van der Waals surface area contributed by atoms with Crippen molar-refractivity contribution >= 4 is 41.5 Å². The van der Waals surface area contributed by atoms with Gasteiger partial charge in [-0.2, -0.15) is 0 Å². The van der Waals surface area contributed by atoms with Gasteiger partial charge < -0.3 is 19.9 Å². The molecule has 0 aliphatic rings. The van der Waals surface area contributed by atoms with Crippen molar-refractivity contribution < 1.29 is 4.74 Å². The predicted octanol–water partition coefficient (Wildman–Crippen LogP) is 3.05. The Labute approximate surface area is 183 Å². The van der Waals surface area contributed by atoms with Crippen LogP contribution >= 0.6 is 35.6 Å². The summed E-state index contributed by atoms with van der Waals surface area (Å²) in [6, 6.07) is 7.83. The number of aliphatic imine (C=N–C) groups is 1. The van der Waals surface area contributed by atoms with Crippen molar-refractivity contribution in [1.29, 1.82) is 0 Å². The van der Waals surface area contributed by atoms with Gasteiger partial charge in [0, 0.05) is 31.6 Å². The number of guanidine groups is 1. The van der Waals surface area contributed by atoms with Crippen molar-refractivity contribution in [2.45, 2.75) is 32.9 Å². The van der Waals surface area contributed by atoms with Gasteiger partial charge in [-0.05, 0) is 18.6 Å². The molecule has 0 saturated heterocycles. The van der Waals surface area contributed by atoms with E-state index < -0.39 is 0 Å². The molecule has 1 aromatic heterocycles. The van der Waals surface area contributed by atoms with Gasteiger partial charge in [0.15, 0.2) is 5.96 Å². The van der Waals surface area contributed by atoms with Crippen LogP contribution in [0, 0.1) is 0 Å². The first-order chi connectivity index (χ1) is 12.7. The number of ether oxygens (including phenoxy) is 1. The first kappa shape index (κ1) is 23.6. The van der Waals surface area contributed by atoms with Crippen LogP contribution in [0.15, 0.2) is 35.6 Å². The maximum Gasteiger partial charge on any atom is 0.191 e. The molecule has 150 valence electrons. The van der Waals surface area contributed by atoms with Gasteiger partial charge in [0.25, 0.3) is 0 Å². The van der Waals surface area contributed by atoms with Crippen LogP contribution in [0.2, 0.25) is 5.02 Å². The van der Waals surface area contributed by atoms with E-state index in [1.54, 1.807) is 13.4 Å². The summed E-state index contributed by atoms with van der Waals surface area (Å²) in [5.74, 6) is 1.70. The zero-order valence-corrected chi connectivity index (χ0v) is 19.1. The van der Waals surface area contributed by atoms with E-state index in [0.29, 0.717) is 19.7 Å².